The molecule has 40 heavy (non-hydrogen) atoms. The number of piperidine rings is 1. The molecule has 10 nitrogen and oxygen atoms in total. The lowest BCUT2D eigenvalue weighted by atomic mass is 9.88. The molecule has 4 rings (SSSR count). The molecular weight excluding hydrogens is 514 g/mol. The van der Waals surface area contributed by atoms with Gasteiger partial charge < -0.3 is 34.5 Å². The van der Waals surface area contributed by atoms with Crippen LogP contribution in [-0.4, -0.2) is 76.2 Å². The van der Waals surface area contributed by atoms with Gasteiger partial charge in [-0.3, -0.25) is 14.4 Å². The molecule has 1 heterocycles. The fourth-order valence-corrected chi connectivity index (χ4v) is 5.53. The van der Waals surface area contributed by atoms with Crippen LogP contribution in [0, 0.1) is 5.92 Å². The van der Waals surface area contributed by atoms with Crippen molar-refractivity contribution in [2.45, 2.75) is 50.6 Å². The zero-order chi connectivity index (χ0) is 28.6. The van der Waals surface area contributed by atoms with Crippen molar-refractivity contribution in [2.75, 3.05) is 41.5 Å². The average molecular weight is 554 g/mol. The minimum Gasteiger partial charge on any atom is -0.497 e. The predicted octanol–water partition coefficient (Wildman–Crippen LogP) is 3.43. The first-order valence-corrected chi connectivity index (χ1v) is 13.7. The van der Waals surface area contributed by atoms with Crippen LogP contribution in [0.5, 0.6) is 23.0 Å². The van der Waals surface area contributed by atoms with Gasteiger partial charge in [-0.1, -0.05) is 12.8 Å². The first-order chi connectivity index (χ1) is 19.4. The molecule has 0 aromatic heterocycles. The number of nitrogens with one attached hydrogen (secondary N) is 2. The molecule has 0 bridgehead atoms. The van der Waals surface area contributed by atoms with Crippen molar-refractivity contribution in [3.8, 4) is 23.0 Å². The zero-order valence-corrected chi connectivity index (χ0v) is 23.7. The van der Waals surface area contributed by atoms with Crippen LogP contribution in [-0.2, 0) is 4.79 Å². The Kier molecular flexibility index (Phi) is 9.74. The smallest absolute Gasteiger partial charge is 0.254 e. The van der Waals surface area contributed by atoms with E-state index in [1.807, 2.05) is 0 Å². The molecule has 10 heteroatoms. The van der Waals surface area contributed by atoms with Crippen LogP contribution in [0.25, 0.3) is 0 Å². The first kappa shape index (κ1) is 29.0. The number of carbonyl (C=O) groups excluding carboxylic acids is 3. The lowest BCUT2D eigenvalue weighted by molar-refractivity contribution is -0.127. The summed E-state index contributed by atoms with van der Waals surface area (Å²) in [4.78, 5) is 41.4. The molecule has 1 aliphatic heterocycles. The molecule has 0 spiro atoms. The van der Waals surface area contributed by atoms with Gasteiger partial charge in [0.1, 0.15) is 5.75 Å². The monoisotopic (exact) mass is 553 g/mol. The van der Waals surface area contributed by atoms with E-state index in [2.05, 4.69) is 10.6 Å². The lowest BCUT2D eigenvalue weighted by Gasteiger charge is -2.36. The second kappa shape index (κ2) is 13.4. The molecular formula is C30H39N3O7. The van der Waals surface area contributed by atoms with E-state index >= 15 is 0 Å². The first-order valence-electron chi connectivity index (χ1n) is 13.7. The maximum Gasteiger partial charge on any atom is 0.254 e. The predicted molar refractivity (Wildman–Crippen MR) is 149 cm³/mol. The maximum absolute atomic E-state index is 13.4. The third-order valence-corrected chi connectivity index (χ3v) is 7.75. The van der Waals surface area contributed by atoms with Crippen molar-refractivity contribution >= 4 is 17.7 Å². The number of nitrogens with zero attached hydrogens (tertiary/aromatic N) is 1. The minimum atomic E-state index is -0.334. The molecule has 3 atom stereocenters. The summed E-state index contributed by atoms with van der Waals surface area (Å²) in [6.07, 6.45) is 4.97. The average Bonchev–Trinajstić information content (AvgIpc) is 3.00. The van der Waals surface area contributed by atoms with Gasteiger partial charge in [0.2, 0.25) is 11.7 Å². The molecule has 2 N–H and O–H groups in total. The van der Waals surface area contributed by atoms with E-state index in [0.29, 0.717) is 53.6 Å². The standard InChI is InChI=1S/C30H39N3O7/c1-37-22-13-11-19(12-14-22)28(34)31-23-9-5-6-10-24(23)32-29(35)20-8-7-15-33(18-20)30(36)21-16-25(38-2)27(40-4)26(17-21)39-3/h11-14,16-17,20,23-24H,5-10,15,18H2,1-4H3,(H,31,34)(H,32,35)/t20-,23-,24-/m1/s1. The molecule has 3 amide bonds. The summed E-state index contributed by atoms with van der Waals surface area (Å²) in [6.45, 7) is 0.875. The van der Waals surface area contributed by atoms with E-state index in [4.69, 9.17) is 18.9 Å². The van der Waals surface area contributed by atoms with E-state index in [1.54, 1.807) is 48.4 Å². The molecule has 1 aliphatic carbocycles. The Labute approximate surface area is 235 Å². The quantitative estimate of drug-likeness (QED) is 0.489. The highest BCUT2D eigenvalue weighted by atomic mass is 16.5. The second-order valence-corrected chi connectivity index (χ2v) is 10.2. The van der Waals surface area contributed by atoms with Gasteiger partial charge in [-0.25, -0.2) is 0 Å². The van der Waals surface area contributed by atoms with Crippen molar-refractivity contribution in [1.82, 2.24) is 15.5 Å². The number of methoxy groups -OCH3 is 4. The van der Waals surface area contributed by atoms with Gasteiger partial charge in [-0.05, 0) is 62.1 Å². The van der Waals surface area contributed by atoms with E-state index in [-0.39, 0.29) is 35.7 Å². The molecule has 216 valence electrons. The van der Waals surface area contributed by atoms with Crippen LogP contribution < -0.4 is 29.6 Å². The lowest BCUT2D eigenvalue weighted by Crippen LogP contribution is -2.55. The molecule has 2 aromatic rings. The van der Waals surface area contributed by atoms with E-state index in [0.717, 1.165) is 32.1 Å². The number of amides is 3. The fraction of sp³-hybridized carbons (Fsp3) is 0.500. The number of rotatable bonds is 9. The Morgan fingerprint density at radius 2 is 1.38 bits per heavy atom. The summed E-state index contributed by atoms with van der Waals surface area (Å²) in [6, 6.07) is 9.90. The number of hydrogen-bond acceptors (Lipinski definition) is 7. The third kappa shape index (κ3) is 6.60. The number of ether oxygens (including phenoxy) is 4. The molecule has 2 fully saturated rings. The van der Waals surface area contributed by atoms with Crippen molar-refractivity contribution in [3.63, 3.8) is 0 Å². The maximum atomic E-state index is 13.4. The highest BCUT2D eigenvalue weighted by Crippen LogP contribution is 2.38. The van der Waals surface area contributed by atoms with Crippen LogP contribution >= 0.6 is 0 Å². The highest BCUT2D eigenvalue weighted by molar-refractivity contribution is 5.96. The van der Waals surface area contributed by atoms with Gasteiger partial charge in [-0.15, -0.1) is 0 Å². The van der Waals surface area contributed by atoms with Gasteiger partial charge >= 0.3 is 0 Å². The molecule has 2 aromatic carbocycles. The van der Waals surface area contributed by atoms with Crippen molar-refractivity contribution < 1.29 is 33.3 Å². The van der Waals surface area contributed by atoms with Crippen LogP contribution in [0.15, 0.2) is 36.4 Å². The van der Waals surface area contributed by atoms with Crippen molar-refractivity contribution in [2.24, 2.45) is 5.92 Å². The van der Waals surface area contributed by atoms with Gasteiger partial charge in [0, 0.05) is 36.3 Å². The Morgan fingerprint density at radius 1 is 0.750 bits per heavy atom. The molecule has 1 saturated heterocycles. The summed E-state index contributed by atoms with van der Waals surface area (Å²) in [5.74, 6) is 1.11. The summed E-state index contributed by atoms with van der Waals surface area (Å²) >= 11 is 0. The number of benzene rings is 2. The third-order valence-electron chi connectivity index (χ3n) is 7.75. The Hall–Kier alpha value is -3.95. The zero-order valence-electron chi connectivity index (χ0n) is 23.7. The van der Waals surface area contributed by atoms with E-state index in [1.165, 1.54) is 21.3 Å². The van der Waals surface area contributed by atoms with Crippen molar-refractivity contribution in [3.05, 3.63) is 47.5 Å². The molecule has 0 radical (unpaired) electrons. The topological polar surface area (TPSA) is 115 Å². The van der Waals surface area contributed by atoms with Gasteiger partial charge in [-0.2, -0.15) is 0 Å². The molecule has 1 saturated carbocycles. The molecule has 0 unspecified atom stereocenters. The Bertz CT molecular complexity index is 1180. The number of likely N-dealkylation sites (tertiary alicyclic amines) is 1. The van der Waals surface area contributed by atoms with E-state index in [9.17, 15) is 14.4 Å². The van der Waals surface area contributed by atoms with E-state index < -0.39 is 0 Å². The molecule has 2 aliphatic rings. The SMILES string of the molecule is COc1ccc(C(=O)N[C@@H]2CCCC[C@H]2NC(=O)[C@@H]2CCCN(C(=O)c3cc(OC)c(OC)c(OC)c3)C2)cc1. The van der Waals surface area contributed by atoms with Gasteiger partial charge in [0.05, 0.1) is 34.4 Å². The van der Waals surface area contributed by atoms with Gasteiger partial charge in [0.15, 0.2) is 11.5 Å². The van der Waals surface area contributed by atoms with Gasteiger partial charge in [0.25, 0.3) is 11.8 Å². The highest BCUT2D eigenvalue weighted by Gasteiger charge is 2.34. The van der Waals surface area contributed by atoms with Crippen LogP contribution in [0.4, 0.5) is 0 Å². The fourth-order valence-electron chi connectivity index (χ4n) is 5.53. The number of carbonyl (C=O) groups is 3. The normalized spacial score (nSPS) is 20.7. The second-order valence-electron chi connectivity index (χ2n) is 10.2. The summed E-state index contributed by atoms with van der Waals surface area (Å²) < 4.78 is 21.3. The summed E-state index contributed by atoms with van der Waals surface area (Å²) in [5, 5.41) is 6.31. The minimum absolute atomic E-state index is 0.0852. The van der Waals surface area contributed by atoms with Crippen LogP contribution in [0.3, 0.4) is 0 Å². The summed E-state index contributed by atoms with van der Waals surface area (Å²) in [5.41, 5.74) is 0.953. The van der Waals surface area contributed by atoms with Crippen molar-refractivity contribution in [1.29, 1.82) is 0 Å². The van der Waals surface area contributed by atoms with Crippen LogP contribution in [0.2, 0.25) is 0 Å². The number of hydrogen-bond donors (Lipinski definition) is 2. The summed E-state index contributed by atoms with van der Waals surface area (Å²) in [7, 11) is 6.10. The largest absolute Gasteiger partial charge is 0.497 e. The Morgan fingerprint density at radius 3 is 1.95 bits per heavy atom. The van der Waals surface area contributed by atoms with Crippen LogP contribution in [0.1, 0.15) is 59.2 Å². The Balaban J connectivity index is 1.40.